The Hall–Kier alpha value is -1.83. The highest BCUT2D eigenvalue weighted by molar-refractivity contribution is 7.89. The normalized spacial score (nSPS) is 20.6. The zero-order valence-corrected chi connectivity index (χ0v) is 15.4. The fourth-order valence-electron chi connectivity index (χ4n) is 3.29. The molecule has 6 nitrogen and oxygen atoms in total. The third-order valence-corrected chi connectivity index (χ3v) is 6.82. The Balaban J connectivity index is 1.56. The Labute approximate surface area is 154 Å². The van der Waals surface area contributed by atoms with E-state index in [0.29, 0.717) is 23.9 Å². The number of ether oxygens (including phenoxy) is 1. The van der Waals surface area contributed by atoms with Gasteiger partial charge >= 0.3 is 0 Å². The van der Waals surface area contributed by atoms with Crippen LogP contribution in [0.2, 0.25) is 0 Å². The maximum atomic E-state index is 13.2. The molecule has 138 valence electrons. The van der Waals surface area contributed by atoms with Gasteiger partial charge in [0.05, 0.1) is 11.0 Å². The number of benzene rings is 1. The monoisotopic (exact) mass is 373 g/mol. The van der Waals surface area contributed by atoms with Crippen molar-refractivity contribution in [3.63, 3.8) is 0 Å². The van der Waals surface area contributed by atoms with E-state index in [1.807, 2.05) is 12.1 Å². The van der Waals surface area contributed by atoms with E-state index < -0.39 is 10.0 Å². The highest BCUT2D eigenvalue weighted by Gasteiger charge is 2.34. The van der Waals surface area contributed by atoms with Crippen LogP contribution >= 0.6 is 0 Å². The van der Waals surface area contributed by atoms with Crippen LogP contribution < -0.4 is 0 Å². The van der Waals surface area contributed by atoms with E-state index in [1.165, 1.54) is 6.33 Å². The minimum absolute atomic E-state index is 0.0178. The number of sulfonamides is 1. The van der Waals surface area contributed by atoms with E-state index in [-0.39, 0.29) is 6.10 Å². The second kappa shape index (κ2) is 7.42. The molecule has 1 aromatic carbocycles. The molecule has 7 heteroatoms. The summed E-state index contributed by atoms with van der Waals surface area (Å²) in [4.78, 5) is 8.34. The summed E-state index contributed by atoms with van der Waals surface area (Å²) in [5.41, 5.74) is 1.77. The molecule has 2 heterocycles. The Morgan fingerprint density at radius 2 is 1.73 bits per heavy atom. The number of rotatable bonds is 7. The minimum atomic E-state index is -3.52. The van der Waals surface area contributed by atoms with Crippen LogP contribution in [-0.2, 0) is 14.8 Å². The van der Waals surface area contributed by atoms with E-state index in [4.69, 9.17) is 4.74 Å². The molecule has 26 heavy (non-hydrogen) atoms. The smallest absolute Gasteiger partial charge is 0.243 e. The van der Waals surface area contributed by atoms with Crippen molar-refractivity contribution in [2.75, 3.05) is 19.7 Å². The van der Waals surface area contributed by atoms with Gasteiger partial charge in [0.2, 0.25) is 10.0 Å². The second-order valence-corrected chi connectivity index (χ2v) is 8.99. The standard InChI is InChI=1S/C19H23N3O3S/c23-26(24,22(12-15-3-4-15)13-18-2-1-9-25-18)19-7-5-16(6-8-19)17-10-20-14-21-11-17/h5-8,10-11,14-15,18H,1-4,9,12-13H2. The van der Waals surface area contributed by atoms with Crippen molar-refractivity contribution in [3.8, 4) is 11.1 Å². The van der Waals surface area contributed by atoms with Gasteiger partial charge in [-0.15, -0.1) is 0 Å². The largest absolute Gasteiger partial charge is 0.377 e. The highest BCUT2D eigenvalue weighted by Crippen LogP contribution is 2.32. The average Bonchev–Trinajstić information content (AvgIpc) is 3.34. The van der Waals surface area contributed by atoms with E-state index >= 15 is 0 Å². The molecule has 2 aliphatic rings. The first-order chi connectivity index (χ1) is 12.6. The summed E-state index contributed by atoms with van der Waals surface area (Å²) >= 11 is 0. The van der Waals surface area contributed by atoms with Gasteiger partial charge in [-0.2, -0.15) is 4.31 Å². The number of aromatic nitrogens is 2. The van der Waals surface area contributed by atoms with Crippen molar-refractivity contribution in [2.24, 2.45) is 5.92 Å². The fourth-order valence-corrected chi connectivity index (χ4v) is 4.84. The van der Waals surface area contributed by atoms with Crippen molar-refractivity contribution in [1.82, 2.24) is 14.3 Å². The van der Waals surface area contributed by atoms with Crippen molar-refractivity contribution >= 4 is 10.0 Å². The quantitative estimate of drug-likeness (QED) is 0.746. The van der Waals surface area contributed by atoms with Crippen molar-refractivity contribution in [1.29, 1.82) is 0 Å². The summed E-state index contributed by atoms with van der Waals surface area (Å²) in [6.07, 6.45) is 9.10. The zero-order valence-electron chi connectivity index (χ0n) is 14.6. The van der Waals surface area contributed by atoms with E-state index in [0.717, 1.165) is 43.4 Å². The molecule has 1 saturated carbocycles. The van der Waals surface area contributed by atoms with Gasteiger partial charge in [0.1, 0.15) is 6.33 Å². The van der Waals surface area contributed by atoms with Crippen LogP contribution in [0.5, 0.6) is 0 Å². The summed E-state index contributed by atoms with van der Waals surface area (Å²) in [7, 11) is -3.52. The lowest BCUT2D eigenvalue weighted by Crippen LogP contribution is -2.38. The van der Waals surface area contributed by atoms with Gasteiger partial charge in [0, 0.05) is 37.7 Å². The molecule has 1 aliphatic carbocycles. The van der Waals surface area contributed by atoms with Gasteiger partial charge < -0.3 is 4.74 Å². The van der Waals surface area contributed by atoms with Crippen LogP contribution in [0.4, 0.5) is 0 Å². The van der Waals surface area contributed by atoms with Crippen molar-refractivity contribution in [3.05, 3.63) is 43.0 Å². The second-order valence-electron chi connectivity index (χ2n) is 7.05. The molecule has 0 spiro atoms. The number of hydrogen-bond donors (Lipinski definition) is 0. The van der Waals surface area contributed by atoms with Gasteiger partial charge in [-0.25, -0.2) is 18.4 Å². The third-order valence-electron chi connectivity index (χ3n) is 4.98. The lowest BCUT2D eigenvalue weighted by Gasteiger charge is -2.25. The van der Waals surface area contributed by atoms with Gasteiger partial charge in [0.25, 0.3) is 0 Å². The molecule has 2 aromatic rings. The minimum Gasteiger partial charge on any atom is -0.377 e. The third kappa shape index (κ3) is 3.95. The molecule has 4 rings (SSSR count). The molecule has 0 bridgehead atoms. The van der Waals surface area contributed by atoms with Crippen LogP contribution in [0.25, 0.3) is 11.1 Å². The maximum absolute atomic E-state index is 13.2. The van der Waals surface area contributed by atoms with Gasteiger partial charge in [-0.1, -0.05) is 12.1 Å². The van der Waals surface area contributed by atoms with E-state index in [1.54, 1.807) is 28.8 Å². The van der Waals surface area contributed by atoms with E-state index in [2.05, 4.69) is 9.97 Å². The molecule has 1 aromatic heterocycles. The van der Waals surface area contributed by atoms with Crippen LogP contribution in [-0.4, -0.2) is 48.5 Å². The van der Waals surface area contributed by atoms with Crippen LogP contribution in [0.15, 0.2) is 47.9 Å². The average molecular weight is 373 g/mol. The van der Waals surface area contributed by atoms with Gasteiger partial charge in [0.15, 0.2) is 0 Å². The van der Waals surface area contributed by atoms with E-state index in [9.17, 15) is 8.42 Å². The summed E-state index contributed by atoms with van der Waals surface area (Å²) < 4.78 is 33.7. The Morgan fingerprint density at radius 3 is 2.35 bits per heavy atom. The Morgan fingerprint density at radius 1 is 1.00 bits per heavy atom. The molecular weight excluding hydrogens is 350 g/mol. The molecule has 1 aliphatic heterocycles. The van der Waals surface area contributed by atoms with Gasteiger partial charge in [-0.05, 0) is 49.3 Å². The lowest BCUT2D eigenvalue weighted by atomic mass is 10.1. The first-order valence-corrected chi connectivity index (χ1v) is 10.5. The molecule has 0 amide bonds. The van der Waals surface area contributed by atoms with Crippen LogP contribution in [0, 0.1) is 5.92 Å². The van der Waals surface area contributed by atoms with Gasteiger partial charge in [-0.3, -0.25) is 0 Å². The molecule has 2 fully saturated rings. The van der Waals surface area contributed by atoms with Crippen molar-refractivity contribution in [2.45, 2.75) is 36.7 Å². The number of nitrogens with zero attached hydrogens (tertiary/aromatic N) is 3. The SMILES string of the molecule is O=S(=O)(c1ccc(-c2cncnc2)cc1)N(CC1CC1)CC1CCCO1. The molecule has 1 saturated heterocycles. The summed E-state index contributed by atoms with van der Waals surface area (Å²) in [6, 6.07) is 6.97. The zero-order chi connectivity index (χ0) is 18.0. The fraction of sp³-hybridized carbons (Fsp3) is 0.474. The Kier molecular flexibility index (Phi) is 5.02. The topological polar surface area (TPSA) is 72.4 Å². The van der Waals surface area contributed by atoms with Crippen LogP contribution in [0.1, 0.15) is 25.7 Å². The predicted octanol–water partition coefficient (Wildman–Crippen LogP) is 2.72. The first kappa shape index (κ1) is 17.6. The number of hydrogen-bond acceptors (Lipinski definition) is 5. The summed E-state index contributed by atoms with van der Waals surface area (Å²) in [5, 5.41) is 0. The van der Waals surface area contributed by atoms with Crippen LogP contribution in [0.3, 0.4) is 0 Å². The first-order valence-electron chi connectivity index (χ1n) is 9.10. The summed E-state index contributed by atoms with van der Waals surface area (Å²) in [5.74, 6) is 0.493. The molecule has 1 unspecified atom stereocenters. The summed E-state index contributed by atoms with van der Waals surface area (Å²) in [6.45, 7) is 1.78. The molecule has 0 radical (unpaired) electrons. The molecule has 0 N–H and O–H groups in total. The van der Waals surface area contributed by atoms with Crippen molar-refractivity contribution < 1.29 is 13.2 Å². The maximum Gasteiger partial charge on any atom is 0.243 e. The Bertz CT molecular complexity index is 830. The molecular formula is C19H23N3O3S. The lowest BCUT2D eigenvalue weighted by molar-refractivity contribution is 0.0930. The predicted molar refractivity (Wildman–Crippen MR) is 97.9 cm³/mol. The highest BCUT2D eigenvalue weighted by atomic mass is 32.2. The molecule has 1 atom stereocenters.